The monoisotopic (exact) mass is 298 g/mol. The van der Waals surface area contributed by atoms with Crippen LogP contribution in [0, 0.1) is 6.92 Å². The molecule has 2 amide bonds. The third-order valence-corrected chi connectivity index (χ3v) is 4.14. The van der Waals surface area contributed by atoms with Gasteiger partial charge in [0.1, 0.15) is 0 Å². The van der Waals surface area contributed by atoms with Gasteiger partial charge in [0, 0.05) is 34.5 Å². The van der Waals surface area contributed by atoms with Crippen LogP contribution in [-0.4, -0.2) is 39.4 Å². The molecule has 1 aromatic carbocycles. The summed E-state index contributed by atoms with van der Waals surface area (Å²) in [4.78, 5) is 22.6. The van der Waals surface area contributed by atoms with Gasteiger partial charge in [0.25, 0.3) is 0 Å². The number of carboxylic acid groups (broad SMARTS) is 1. The number of aryl methyl sites for hydroxylation is 1. The normalized spacial score (nSPS) is 13.3. The fourth-order valence-corrected chi connectivity index (χ4v) is 1.78. The Hall–Kier alpha value is -1.89. The number of nitrogens with one attached hydrogen (secondary N) is 2. The Morgan fingerprint density at radius 1 is 1.40 bits per heavy atom. The SMILES string of the molecule is Cc1ccc(NC(=O)NCC(C)S(C)=O)cc1C(=O)O. The molecule has 0 aliphatic carbocycles. The van der Waals surface area contributed by atoms with Gasteiger partial charge in [-0.25, -0.2) is 9.59 Å². The van der Waals surface area contributed by atoms with Crippen molar-refractivity contribution in [1.82, 2.24) is 5.32 Å². The lowest BCUT2D eigenvalue weighted by Crippen LogP contribution is -2.35. The molecule has 0 aromatic heterocycles. The molecule has 20 heavy (non-hydrogen) atoms. The van der Waals surface area contributed by atoms with E-state index in [1.165, 1.54) is 6.07 Å². The summed E-state index contributed by atoms with van der Waals surface area (Å²) < 4.78 is 11.1. The average Bonchev–Trinajstić information content (AvgIpc) is 2.37. The summed E-state index contributed by atoms with van der Waals surface area (Å²) in [6.45, 7) is 3.74. The van der Waals surface area contributed by atoms with Gasteiger partial charge in [-0.2, -0.15) is 0 Å². The summed E-state index contributed by atoms with van der Waals surface area (Å²) in [5.41, 5.74) is 1.17. The summed E-state index contributed by atoms with van der Waals surface area (Å²) in [6.07, 6.45) is 1.57. The molecule has 110 valence electrons. The Kier molecular flexibility index (Phi) is 5.69. The number of carbonyl (C=O) groups is 2. The largest absolute Gasteiger partial charge is 0.478 e. The van der Waals surface area contributed by atoms with E-state index in [4.69, 9.17) is 5.11 Å². The van der Waals surface area contributed by atoms with Crippen LogP contribution in [0.25, 0.3) is 0 Å². The molecule has 7 heteroatoms. The van der Waals surface area contributed by atoms with E-state index in [1.807, 2.05) is 0 Å². The van der Waals surface area contributed by atoms with Crippen molar-refractivity contribution >= 4 is 28.5 Å². The molecule has 1 rings (SSSR count). The molecular formula is C13H18N2O4S. The van der Waals surface area contributed by atoms with Crippen molar-refractivity contribution in [3.8, 4) is 0 Å². The van der Waals surface area contributed by atoms with Crippen molar-refractivity contribution in [3.05, 3.63) is 29.3 Å². The lowest BCUT2D eigenvalue weighted by atomic mass is 10.1. The molecule has 3 N–H and O–H groups in total. The number of urea groups is 1. The second-order valence-electron chi connectivity index (χ2n) is 4.48. The van der Waals surface area contributed by atoms with Crippen LogP contribution in [0.4, 0.5) is 10.5 Å². The van der Waals surface area contributed by atoms with E-state index in [9.17, 15) is 13.8 Å². The third kappa shape index (κ3) is 4.65. The summed E-state index contributed by atoms with van der Waals surface area (Å²) in [7, 11) is -1.01. The second kappa shape index (κ2) is 7.04. The number of hydrogen-bond donors (Lipinski definition) is 3. The standard InChI is InChI=1S/C13H18N2O4S/c1-8-4-5-10(6-11(8)12(16)17)15-13(18)14-7-9(2)20(3)19/h4-6,9H,7H2,1-3H3,(H,16,17)(H2,14,15,18). The molecule has 0 heterocycles. The Morgan fingerprint density at radius 2 is 2.05 bits per heavy atom. The van der Waals surface area contributed by atoms with E-state index in [-0.39, 0.29) is 17.4 Å². The lowest BCUT2D eigenvalue weighted by molar-refractivity contribution is 0.0696. The lowest BCUT2D eigenvalue weighted by Gasteiger charge is -2.12. The highest BCUT2D eigenvalue weighted by Crippen LogP contribution is 2.15. The molecule has 0 saturated carbocycles. The fraction of sp³-hybridized carbons (Fsp3) is 0.385. The van der Waals surface area contributed by atoms with Gasteiger partial charge in [-0.3, -0.25) is 4.21 Å². The number of carbonyl (C=O) groups excluding carboxylic acids is 1. The Bertz CT molecular complexity index is 545. The Morgan fingerprint density at radius 3 is 2.60 bits per heavy atom. The second-order valence-corrected chi connectivity index (χ2v) is 6.28. The molecule has 0 saturated heterocycles. The molecule has 2 unspecified atom stereocenters. The van der Waals surface area contributed by atoms with Crippen LogP contribution in [0.2, 0.25) is 0 Å². The fourth-order valence-electron chi connectivity index (χ4n) is 1.46. The molecule has 0 bridgehead atoms. The molecule has 0 fully saturated rings. The van der Waals surface area contributed by atoms with Gasteiger partial charge in [-0.15, -0.1) is 0 Å². The van der Waals surface area contributed by atoms with Crippen LogP contribution < -0.4 is 10.6 Å². The molecule has 0 radical (unpaired) electrons. The van der Waals surface area contributed by atoms with Gasteiger partial charge in [0.05, 0.1) is 5.56 Å². The number of anilines is 1. The first kappa shape index (κ1) is 16.2. The van der Waals surface area contributed by atoms with Gasteiger partial charge in [0.2, 0.25) is 0 Å². The van der Waals surface area contributed by atoms with Gasteiger partial charge in [-0.1, -0.05) is 6.07 Å². The minimum absolute atomic E-state index is 0.144. The molecule has 6 nitrogen and oxygen atoms in total. The summed E-state index contributed by atoms with van der Waals surface area (Å²) in [6, 6.07) is 4.20. The van der Waals surface area contributed by atoms with Crippen LogP contribution in [0.15, 0.2) is 18.2 Å². The van der Waals surface area contributed by atoms with Crippen molar-refractivity contribution in [2.24, 2.45) is 0 Å². The van der Waals surface area contributed by atoms with Crippen LogP contribution in [-0.2, 0) is 10.8 Å². The first-order valence-corrected chi connectivity index (χ1v) is 7.64. The zero-order chi connectivity index (χ0) is 15.3. The van der Waals surface area contributed by atoms with Crippen LogP contribution >= 0.6 is 0 Å². The number of amides is 2. The predicted octanol–water partition coefficient (Wildman–Crippen LogP) is 1.58. The maximum absolute atomic E-state index is 11.6. The zero-order valence-electron chi connectivity index (χ0n) is 11.6. The number of benzene rings is 1. The average molecular weight is 298 g/mol. The van der Waals surface area contributed by atoms with Crippen molar-refractivity contribution < 1.29 is 18.9 Å². The number of carboxylic acids is 1. The van der Waals surface area contributed by atoms with E-state index in [0.717, 1.165) is 0 Å². The molecule has 0 spiro atoms. The Balaban J connectivity index is 2.65. The number of aromatic carboxylic acids is 1. The number of rotatable bonds is 5. The van der Waals surface area contributed by atoms with E-state index >= 15 is 0 Å². The maximum Gasteiger partial charge on any atom is 0.336 e. The van der Waals surface area contributed by atoms with E-state index in [1.54, 1.807) is 32.2 Å². The van der Waals surface area contributed by atoms with E-state index < -0.39 is 22.8 Å². The third-order valence-electron chi connectivity index (χ3n) is 2.84. The predicted molar refractivity (Wildman–Crippen MR) is 78.7 cm³/mol. The van der Waals surface area contributed by atoms with Crippen molar-refractivity contribution in [1.29, 1.82) is 0 Å². The smallest absolute Gasteiger partial charge is 0.336 e. The molecule has 0 aliphatic heterocycles. The van der Waals surface area contributed by atoms with E-state index in [0.29, 0.717) is 11.3 Å². The van der Waals surface area contributed by atoms with Crippen LogP contribution in [0.3, 0.4) is 0 Å². The molecule has 0 aliphatic rings. The minimum atomic E-state index is -1.04. The quantitative estimate of drug-likeness (QED) is 0.769. The van der Waals surface area contributed by atoms with Gasteiger partial charge in [0.15, 0.2) is 0 Å². The van der Waals surface area contributed by atoms with Crippen LogP contribution in [0.1, 0.15) is 22.8 Å². The highest BCUT2D eigenvalue weighted by atomic mass is 32.2. The van der Waals surface area contributed by atoms with Crippen molar-refractivity contribution in [2.75, 3.05) is 18.1 Å². The zero-order valence-corrected chi connectivity index (χ0v) is 12.4. The highest BCUT2D eigenvalue weighted by Gasteiger charge is 2.11. The maximum atomic E-state index is 11.6. The first-order valence-electron chi connectivity index (χ1n) is 6.02. The first-order chi connectivity index (χ1) is 9.31. The number of hydrogen-bond acceptors (Lipinski definition) is 3. The molecule has 2 atom stereocenters. The molecule has 1 aromatic rings. The molecular weight excluding hydrogens is 280 g/mol. The van der Waals surface area contributed by atoms with Gasteiger partial charge < -0.3 is 15.7 Å². The highest BCUT2D eigenvalue weighted by molar-refractivity contribution is 7.84. The Labute approximate surface area is 120 Å². The van der Waals surface area contributed by atoms with Gasteiger partial charge in [-0.05, 0) is 31.5 Å². The topological polar surface area (TPSA) is 95.5 Å². The minimum Gasteiger partial charge on any atom is -0.478 e. The van der Waals surface area contributed by atoms with Crippen molar-refractivity contribution in [3.63, 3.8) is 0 Å². The van der Waals surface area contributed by atoms with E-state index in [2.05, 4.69) is 10.6 Å². The van der Waals surface area contributed by atoms with Crippen molar-refractivity contribution in [2.45, 2.75) is 19.1 Å². The summed E-state index contributed by atoms with van der Waals surface area (Å²) >= 11 is 0. The van der Waals surface area contributed by atoms with Gasteiger partial charge >= 0.3 is 12.0 Å². The summed E-state index contributed by atoms with van der Waals surface area (Å²) in [5, 5.41) is 14.0. The summed E-state index contributed by atoms with van der Waals surface area (Å²) in [5.74, 6) is -1.04. The van der Waals surface area contributed by atoms with Crippen LogP contribution in [0.5, 0.6) is 0 Å².